The number of hydrogen-bond donors (Lipinski definition) is 1. The normalized spacial score (nSPS) is 10.8. The second kappa shape index (κ2) is 6.89. The molecule has 3 rings (SSSR count). The minimum atomic E-state index is 0.0609. The van der Waals surface area contributed by atoms with Gasteiger partial charge in [0.15, 0.2) is 0 Å². The predicted molar refractivity (Wildman–Crippen MR) is 91.3 cm³/mol. The highest BCUT2D eigenvalue weighted by molar-refractivity contribution is 7.13. The molecular formula is C16H17N3OS2. The van der Waals surface area contributed by atoms with E-state index in [1.165, 1.54) is 4.88 Å². The Kier molecular flexibility index (Phi) is 4.70. The average molecular weight is 331 g/mol. The molecule has 1 N–H and O–H groups in total. The Labute approximate surface area is 137 Å². The van der Waals surface area contributed by atoms with E-state index in [-0.39, 0.29) is 5.91 Å². The van der Waals surface area contributed by atoms with E-state index in [1.807, 2.05) is 35.2 Å². The maximum absolute atomic E-state index is 11.8. The number of rotatable bonds is 6. The fourth-order valence-corrected chi connectivity index (χ4v) is 3.60. The number of aryl methyl sites for hydroxylation is 1. The molecule has 0 unspecified atom stereocenters. The lowest BCUT2D eigenvalue weighted by molar-refractivity contribution is -0.120. The molecule has 6 heteroatoms. The van der Waals surface area contributed by atoms with Crippen molar-refractivity contribution >= 4 is 28.6 Å². The molecule has 114 valence electrons. The second-order valence-corrected chi connectivity index (χ2v) is 6.96. The van der Waals surface area contributed by atoms with Gasteiger partial charge in [-0.15, -0.1) is 22.7 Å². The van der Waals surface area contributed by atoms with Crippen LogP contribution in [0.4, 0.5) is 0 Å². The Bertz CT molecular complexity index is 730. The van der Waals surface area contributed by atoms with Crippen molar-refractivity contribution in [2.45, 2.75) is 19.9 Å². The molecule has 0 aromatic carbocycles. The molecule has 0 aliphatic carbocycles. The Balaban J connectivity index is 1.52. The zero-order valence-corrected chi connectivity index (χ0v) is 13.9. The molecule has 0 saturated heterocycles. The molecule has 0 aliphatic rings. The van der Waals surface area contributed by atoms with Crippen molar-refractivity contribution in [1.29, 1.82) is 0 Å². The summed E-state index contributed by atoms with van der Waals surface area (Å²) in [7, 11) is 0. The number of nitrogens with zero attached hydrogens (tertiary/aromatic N) is 2. The van der Waals surface area contributed by atoms with Crippen LogP contribution in [0.1, 0.15) is 10.6 Å². The lowest BCUT2D eigenvalue weighted by atomic mass is 10.3. The number of thiophene rings is 2. The van der Waals surface area contributed by atoms with Gasteiger partial charge in [0, 0.05) is 17.1 Å². The van der Waals surface area contributed by atoms with E-state index in [4.69, 9.17) is 0 Å². The molecular weight excluding hydrogens is 314 g/mol. The number of hydrogen-bond acceptors (Lipinski definition) is 4. The first-order valence-electron chi connectivity index (χ1n) is 7.10. The highest BCUT2D eigenvalue weighted by Crippen LogP contribution is 2.23. The van der Waals surface area contributed by atoms with Crippen LogP contribution in [0.15, 0.2) is 41.1 Å². The van der Waals surface area contributed by atoms with Gasteiger partial charge >= 0.3 is 0 Å². The second-order valence-electron chi connectivity index (χ2n) is 4.98. The van der Waals surface area contributed by atoms with Crippen LogP contribution in [0.5, 0.6) is 0 Å². The number of aromatic nitrogens is 2. The van der Waals surface area contributed by atoms with Gasteiger partial charge in [-0.05, 0) is 35.9 Å². The molecule has 0 spiro atoms. The first-order valence-corrected chi connectivity index (χ1v) is 8.86. The number of nitrogens with one attached hydrogen (secondary N) is 1. The lowest BCUT2D eigenvalue weighted by Gasteiger charge is -2.06. The fraction of sp³-hybridized carbons (Fsp3) is 0.250. The summed E-state index contributed by atoms with van der Waals surface area (Å²) < 4.78 is 1.94. The molecule has 0 saturated carbocycles. The van der Waals surface area contributed by atoms with Gasteiger partial charge in [0.2, 0.25) is 5.91 Å². The van der Waals surface area contributed by atoms with Gasteiger partial charge < -0.3 is 5.32 Å². The molecule has 0 bridgehead atoms. The van der Waals surface area contributed by atoms with Crippen LogP contribution < -0.4 is 5.32 Å². The Hall–Kier alpha value is -1.92. The van der Waals surface area contributed by atoms with Gasteiger partial charge in [0.05, 0.1) is 17.8 Å². The standard InChI is InChI=1S/C16H17N3OS2/c1-12-10-14(15-5-3-9-22-15)18-19(12)7-6-17-16(20)11-13-4-2-8-21-13/h2-5,8-10H,6-7,11H2,1H3,(H,17,20). The first kappa shape index (κ1) is 15.0. The summed E-state index contributed by atoms with van der Waals surface area (Å²) in [6.07, 6.45) is 0.455. The Morgan fingerprint density at radius 3 is 2.82 bits per heavy atom. The molecule has 0 aliphatic heterocycles. The largest absolute Gasteiger partial charge is 0.354 e. The number of carbonyl (C=O) groups is 1. The van der Waals surface area contributed by atoms with Crippen LogP contribution in [0.2, 0.25) is 0 Å². The third-order valence-electron chi connectivity index (χ3n) is 3.32. The van der Waals surface area contributed by atoms with E-state index in [0.29, 0.717) is 19.5 Å². The Morgan fingerprint density at radius 2 is 2.09 bits per heavy atom. The van der Waals surface area contributed by atoms with Crippen molar-refractivity contribution in [3.8, 4) is 10.6 Å². The monoisotopic (exact) mass is 331 g/mol. The van der Waals surface area contributed by atoms with Crippen molar-refractivity contribution in [3.05, 3.63) is 51.7 Å². The van der Waals surface area contributed by atoms with Crippen molar-refractivity contribution in [2.75, 3.05) is 6.54 Å². The predicted octanol–water partition coefficient (Wildman–Crippen LogP) is 3.34. The van der Waals surface area contributed by atoms with Gasteiger partial charge in [-0.1, -0.05) is 12.1 Å². The summed E-state index contributed by atoms with van der Waals surface area (Å²) in [5.41, 5.74) is 2.10. The third kappa shape index (κ3) is 3.64. The Morgan fingerprint density at radius 1 is 1.27 bits per heavy atom. The summed E-state index contributed by atoms with van der Waals surface area (Å²) in [6.45, 7) is 3.32. The summed E-state index contributed by atoms with van der Waals surface area (Å²) in [5.74, 6) is 0.0609. The smallest absolute Gasteiger partial charge is 0.225 e. The van der Waals surface area contributed by atoms with Crippen LogP contribution in [0.3, 0.4) is 0 Å². The molecule has 22 heavy (non-hydrogen) atoms. The topological polar surface area (TPSA) is 46.9 Å². The van der Waals surface area contributed by atoms with Gasteiger partial charge in [-0.3, -0.25) is 9.48 Å². The summed E-state index contributed by atoms with van der Waals surface area (Å²) in [5, 5.41) is 11.6. The average Bonchev–Trinajstić information content (AvgIpc) is 3.21. The first-order chi connectivity index (χ1) is 10.7. The molecule has 0 fully saturated rings. The van der Waals surface area contributed by atoms with Crippen molar-refractivity contribution in [1.82, 2.24) is 15.1 Å². The number of amides is 1. The van der Waals surface area contributed by atoms with E-state index in [9.17, 15) is 4.79 Å². The van der Waals surface area contributed by atoms with Gasteiger partial charge in [-0.2, -0.15) is 5.10 Å². The quantitative estimate of drug-likeness (QED) is 0.753. The minimum absolute atomic E-state index is 0.0609. The zero-order chi connectivity index (χ0) is 15.4. The summed E-state index contributed by atoms with van der Waals surface area (Å²) in [4.78, 5) is 14.1. The molecule has 0 radical (unpaired) electrons. The highest BCUT2D eigenvalue weighted by atomic mass is 32.1. The molecule has 3 aromatic rings. The van der Waals surface area contributed by atoms with Gasteiger partial charge in [-0.25, -0.2) is 0 Å². The van der Waals surface area contributed by atoms with Crippen LogP contribution in [-0.2, 0) is 17.8 Å². The molecule has 1 amide bonds. The number of carbonyl (C=O) groups excluding carboxylic acids is 1. The van der Waals surface area contributed by atoms with Crippen LogP contribution in [0.25, 0.3) is 10.6 Å². The zero-order valence-electron chi connectivity index (χ0n) is 12.3. The maximum atomic E-state index is 11.8. The third-order valence-corrected chi connectivity index (χ3v) is 5.08. The van der Waals surface area contributed by atoms with E-state index < -0.39 is 0 Å². The van der Waals surface area contributed by atoms with Gasteiger partial charge in [0.25, 0.3) is 0 Å². The summed E-state index contributed by atoms with van der Waals surface area (Å²) in [6, 6.07) is 10.1. The molecule has 4 nitrogen and oxygen atoms in total. The van der Waals surface area contributed by atoms with E-state index >= 15 is 0 Å². The fourth-order valence-electron chi connectivity index (χ4n) is 2.22. The summed E-state index contributed by atoms with van der Waals surface area (Å²) >= 11 is 3.29. The van der Waals surface area contributed by atoms with E-state index in [0.717, 1.165) is 16.3 Å². The van der Waals surface area contributed by atoms with Crippen molar-refractivity contribution in [2.24, 2.45) is 0 Å². The van der Waals surface area contributed by atoms with E-state index in [1.54, 1.807) is 22.7 Å². The van der Waals surface area contributed by atoms with Crippen LogP contribution >= 0.6 is 22.7 Å². The SMILES string of the molecule is Cc1cc(-c2cccs2)nn1CCNC(=O)Cc1cccs1. The van der Waals surface area contributed by atoms with Crippen LogP contribution in [0, 0.1) is 6.92 Å². The van der Waals surface area contributed by atoms with Crippen molar-refractivity contribution in [3.63, 3.8) is 0 Å². The molecule has 3 aromatic heterocycles. The minimum Gasteiger partial charge on any atom is -0.354 e. The molecule has 3 heterocycles. The lowest BCUT2D eigenvalue weighted by Crippen LogP contribution is -2.28. The van der Waals surface area contributed by atoms with Gasteiger partial charge in [0.1, 0.15) is 5.69 Å². The highest BCUT2D eigenvalue weighted by Gasteiger charge is 2.08. The van der Waals surface area contributed by atoms with Crippen LogP contribution in [-0.4, -0.2) is 22.2 Å². The van der Waals surface area contributed by atoms with Crippen molar-refractivity contribution < 1.29 is 4.79 Å². The maximum Gasteiger partial charge on any atom is 0.225 e. The molecule has 0 atom stereocenters. The van der Waals surface area contributed by atoms with E-state index in [2.05, 4.69) is 27.9 Å².